The van der Waals surface area contributed by atoms with Gasteiger partial charge in [0.1, 0.15) is 0 Å². The lowest BCUT2D eigenvalue weighted by molar-refractivity contribution is -0.137. The fourth-order valence-corrected chi connectivity index (χ4v) is 2.43. The summed E-state index contributed by atoms with van der Waals surface area (Å²) in [7, 11) is 3.37. The third kappa shape index (κ3) is 4.20. The summed E-state index contributed by atoms with van der Waals surface area (Å²) in [6.45, 7) is 1.77. The molecule has 2 aromatic carbocycles. The minimum absolute atomic E-state index is 0.345. The lowest BCUT2D eigenvalue weighted by atomic mass is 10.1. The lowest BCUT2D eigenvalue weighted by Crippen LogP contribution is -2.14. The van der Waals surface area contributed by atoms with Crippen LogP contribution in [0.25, 0.3) is 0 Å². The number of nitrogens with zero attached hydrogens (tertiary/aromatic N) is 2. The van der Waals surface area contributed by atoms with Crippen LogP contribution < -0.4 is 10.3 Å². The minimum atomic E-state index is -4.39. The minimum Gasteiger partial charge on any atom is -0.388 e. The van der Waals surface area contributed by atoms with Gasteiger partial charge in [-0.3, -0.25) is 5.01 Å². The summed E-state index contributed by atoms with van der Waals surface area (Å²) in [6.07, 6.45) is -4.39. The fraction of sp³-hybridized carbons (Fsp3) is 0.235. The van der Waals surface area contributed by atoms with Crippen molar-refractivity contribution < 1.29 is 13.2 Å². The van der Waals surface area contributed by atoms with Gasteiger partial charge >= 0.3 is 6.18 Å². The van der Waals surface area contributed by atoms with E-state index < -0.39 is 11.7 Å². The highest BCUT2D eigenvalue weighted by Gasteiger charge is 2.30. The molecule has 0 bridgehead atoms. The Labute approximate surface area is 143 Å². The second-order valence-corrected chi connectivity index (χ2v) is 5.63. The van der Waals surface area contributed by atoms with Crippen LogP contribution in [0.4, 0.5) is 24.5 Å². The molecule has 0 saturated carbocycles. The average Bonchev–Trinajstić information content (AvgIpc) is 2.54. The Balaban J connectivity index is 2.36. The van der Waals surface area contributed by atoms with Crippen molar-refractivity contribution in [1.82, 2.24) is 0 Å². The highest BCUT2D eigenvalue weighted by Crippen LogP contribution is 2.31. The van der Waals surface area contributed by atoms with Crippen LogP contribution in [0.1, 0.15) is 18.1 Å². The number of hydrogen-bond donors (Lipinski definition) is 1. The van der Waals surface area contributed by atoms with Gasteiger partial charge in [0.15, 0.2) is 0 Å². The first kappa shape index (κ1) is 18.1. The summed E-state index contributed by atoms with van der Waals surface area (Å²) in [6, 6.07) is 10.4. The van der Waals surface area contributed by atoms with Crippen LogP contribution in [-0.4, -0.2) is 19.8 Å². The maximum atomic E-state index is 12.8. The van der Waals surface area contributed by atoms with E-state index in [4.69, 9.17) is 11.6 Å². The van der Waals surface area contributed by atoms with Crippen molar-refractivity contribution in [2.75, 3.05) is 24.4 Å². The van der Waals surface area contributed by atoms with Gasteiger partial charge in [-0.15, -0.1) is 0 Å². The summed E-state index contributed by atoms with van der Waals surface area (Å²) in [5, 5.41) is 9.38. The first-order valence-electron chi connectivity index (χ1n) is 7.16. The monoisotopic (exact) mass is 355 g/mol. The van der Waals surface area contributed by atoms with Gasteiger partial charge in [-0.2, -0.15) is 18.3 Å². The predicted octanol–water partition coefficient (Wildman–Crippen LogP) is 5.26. The third-order valence-corrected chi connectivity index (χ3v) is 3.72. The SMILES string of the molecule is CNc1ccc(Cl)cc1/C(C)=N\N(C)c1cccc(C(F)(F)F)c1. The Bertz CT molecular complexity index is 757. The molecule has 0 heterocycles. The van der Waals surface area contributed by atoms with Gasteiger partial charge in [0.2, 0.25) is 0 Å². The lowest BCUT2D eigenvalue weighted by Gasteiger charge is -2.17. The first-order chi connectivity index (χ1) is 11.2. The molecule has 7 heteroatoms. The van der Waals surface area contributed by atoms with E-state index in [1.807, 2.05) is 6.07 Å². The normalized spacial score (nSPS) is 12.2. The second-order valence-electron chi connectivity index (χ2n) is 5.20. The second kappa shape index (κ2) is 7.13. The Kier molecular flexibility index (Phi) is 5.39. The number of hydrogen-bond acceptors (Lipinski definition) is 3. The molecule has 128 valence electrons. The fourth-order valence-electron chi connectivity index (χ4n) is 2.25. The summed E-state index contributed by atoms with van der Waals surface area (Å²) < 4.78 is 38.5. The van der Waals surface area contributed by atoms with Gasteiger partial charge in [-0.25, -0.2) is 0 Å². The molecule has 0 radical (unpaired) electrons. The molecule has 0 amide bonds. The molecule has 2 aromatic rings. The zero-order valence-electron chi connectivity index (χ0n) is 13.4. The summed E-state index contributed by atoms with van der Waals surface area (Å²) in [5.74, 6) is 0. The summed E-state index contributed by atoms with van der Waals surface area (Å²) in [5.41, 5.74) is 1.87. The van der Waals surface area contributed by atoms with Crippen LogP contribution >= 0.6 is 11.6 Å². The number of alkyl halides is 3. The molecule has 1 N–H and O–H groups in total. The third-order valence-electron chi connectivity index (χ3n) is 3.49. The van der Waals surface area contributed by atoms with E-state index in [0.717, 1.165) is 23.4 Å². The van der Waals surface area contributed by atoms with E-state index in [-0.39, 0.29) is 0 Å². The standard InChI is InChI=1S/C17H17ClF3N3/c1-11(15-10-13(18)7-8-16(15)22-2)23-24(3)14-6-4-5-12(9-14)17(19,20)21/h4-10,22H,1-3H3/b23-11-. The van der Waals surface area contributed by atoms with Gasteiger partial charge < -0.3 is 5.32 Å². The highest BCUT2D eigenvalue weighted by atomic mass is 35.5. The molecule has 0 saturated heterocycles. The van der Waals surface area contributed by atoms with Gasteiger partial charge in [0.25, 0.3) is 0 Å². The van der Waals surface area contributed by atoms with E-state index in [0.29, 0.717) is 16.4 Å². The van der Waals surface area contributed by atoms with Crippen LogP contribution in [0.15, 0.2) is 47.6 Å². The number of halogens is 4. The van der Waals surface area contributed by atoms with Crippen molar-refractivity contribution >= 4 is 28.7 Å². The topological polar surface area (TPSA) is 27.6 Å². The quantitative estimate of drug-likeness (QED) is 0.598. The number of hydrazone groups is 1. The van der Waals surface area contributed by atoms with Crippen molar-refractivity contribution in [3.8, 4) is 0 Å². The smallest absolute Gasteiger partial charge is 0.388 e. The van der Waals surface area contributed by atoms with Crippen molar-refractivity contribution in [2.24, 2.45) is 5.10 Å². The molecule has 0 fully saturated rings. The van der Waals surface area contributed by atoms with E-state index in [2.05, 4.69) is 10.4 Å². The molecule has 24 heavy (non-hydrogen) atoms. The highest BCUT2D eigenvalue weighted by molar-refractivity contribution is 6.31. The van der Waals surface area contributed by atoms with Crippen LogP contribution in [0.5, 0.6) is 0 Å². The number of nitrogens with one attached hydrogen (secondary N) is 1. The molecule has 0 aromatic heterocycles. The van der Waals surface area contributed by atoms with Gasteiger partial charge in [-0.05, 0) is 43.3 Å². The Morgan fingerprint density at radius 2 is 1.88 bits per heavy atom. The van der Waals surface area contributed by atoms with Crippen LogP contribution in [0, 0.1) is 0 Å². The van der Waals surface area contributed by atoms with Gasteiger partial charge in [0, 0.05) is 30.4 Å². The van der Waals surface area contributed by atoms with Crippen molar-refractivity contribution in [1.29, 1.82) is 0 Å². The number of rotatable bonds is 4. The maximum Gasteiger partial charge on any atom is 0.416 e. The van der Waals surface area contributed by atoms with E-state index in [1.54, 1.807) is 39.2 Å². The molecule has 0 aliphatic carbocycles. The summed E-state index contributed by atoms with van der Waals surface area (Å²) in [4.78, 5) is 0. The van der Waals surface area contributed by atoms with E-state index in [1.165, 1.54) is 11.1 Å². The van der Waals surface area contributed by atoms with Gasteiger partial charge in [-0.1, -0.05) is 17.7 Å². The van der Waals surface area contributed by atoms with Crippen molar-refractivity contribution in [3.05, 3.63) is 58.6 Å². The van der Waals surface area contributed by atoms with Crippen LogP contribution in [-0.2, 0) is 6.18 Å². The molecule has 2 rings (SSSR count). The van der Waals surface area contributed by atoms with Crippen molar-refractivity contribution in [2.45, 2.75) is 13.1 Å². The molecular formula is C17H17ClF3N3. The largest absolute Gasteiger partial charge is 0.416 e. The molecule has 3 nitrogen and oxygen atoms in total. The molecular weight excluding hydrogens is 339 g/mol. The maximum absolute atomic E-state index is 12.8. The predicted molar refractivity (Wildman–Crippen MR) is 93.1 cm³/mol. The van der Waals surface area contributed by atoms with E-state index in [9.17, 15) is 13.2 Å². The summed E-state index contributed by atoms with van der Waals surface area (Å²) >= 11 is 6.02. The number of benzene rings is 2. The van der Waals surface area contributed by atoms with Crippen LogP contribution in [0.2, 0.25) is 5.02 Å². The Morgan fingerprint density at radius 1 is 1.17 bits per heavy atom. The molecule has 0 atom stereocenters. The van der Waals surface area contributed by atoms with E-state index >= 15 is 0 Å². The van der Waals surface area contributed by atoms with Crippen LogP contribution in [0.3, 0.4) is 0 Å². The first-order valence-corrected chi connectivity index (χ1v) is 7.54. The Morgan fingerprint density at radius 3 is 2.50 bits per heavy atom. The molecule has 0 aliphatic rings. The Hall–Kier alpha value is -2.21. The molecule has 0 aliphatic heterocycles. The average molecular weight is 356 g/mol. The number of anilines is 2. The van der Waals surface area contributed by atoms with Gasteiger partial charge in [0.05, 0.1) is 17.0 Å². The van der Waals surface area contributed by atoms with Crippen molar-refractivity contribution in [3.63, 3.8) is 0 Å². The zero-order valence-corrected chi connectivity index (χ0v) is 14.2. The molecule has 0 unspecified atom stereocenters. The molecule has 0 spiro atoms. The zero-order chi connectivity index (χ0) is 17.9.